The first kappa shape index (κ1) is 19.0. The fourth-order valence-corrected chi connectivity index (χ4v) is 4.37. The molecule has 2 fully saturated rings. The van der Waals surface area contributed by atoms with Gasteiger partial charge in [-0.25, -0.2) is 4.98 Å². The zero-order valence-electron chi connectivity index (χ0n) is 16.7. The van der Waals surface area contributed by atoms with Gasteiger partial charge in [0, 0.05) is 46.1 Å². The highest BCUT2D eigenvalue weighted by Gasteiger charge is 2.41. The number of anilines is 3. The minimum atomic E-state index is -0.966. The van der Waals surface area contributed by atoms with Crippen LogP contribution in [-0.4, -0.2) is 31.1 Å². The second-order valence-corrected chi connectivity index (χ2v) is 9.66. The molecule has 3 aromatic rings. The minimum Gasteiger partial charge on any atom is -0.367 e. The standard InChI is InChI=1S/C21H23N7OS/c1-30(29)12-13-8-16(4-5-17(13)21(23)6-7-21)25-18-9-19(26-15-2-3-15)28-20(27-18)14(10-22)11-24-28/h4-5,8-9,11,15,26H,2-3,6-7,12,23H2,1H3,(H,25,27). The molecule has 2 aliphatic rings. The molecule has 1 atom stereocenters. The van der Waals surface area contributed by atoms with Gasteiger partial charge in [0.2, 0.25) is 0 Å². The maximum Gasteiger partial charge on any atom is 0.177 e. The molecule has 0 saturated heterocycles. The Morgan fingerprint density at radius 2 is 2.17 bits per heavy atom. The van der Waals surface area contributed by atoms with Gasteiger partial charge in [-0.2, -0.15) is 14.9 Å². The van der Waals surface area contributed by atoms with Crippen LogP contribution in [0, 0.1) is 11.3 Å². The van der Waals surface area contributed by atoms with Crippen molar-refractivity contribution in [2.24, 2.45) is 5.73 Å². The molecule has 0 spiro atoms. The van der Waals surface area contributed by atoms with Gasteiger partial charge in [-0.05, 0) is 48.9 Å². The Bertz CT molecular complexity index is 1200. The second-order valence-electron chi connectivity index (χ2n) is 8.22. The van der Waals surface area contributed by atoms with Crippen molar-refractivity contribution in [3.8, 4) is 6.07 Å². The summed E-state index contributed by atoms with van der Waals surface area (Å²) >= 11 is 0. The van der Waals surface area contributed by atoms with Crippen LogP contribution in [0.15, 0.2) is 30.5 Å². The highest BCUT2D eigenvalue weighted by Crippen LogP contribution is 2.45. The number of nitrogens with two attached hydrogens (primary N) is 1. The summed E-state index contributed by atoms with van der Waals surface area (Å²) in [4.78, 5) is 4.61. The summed E-state index contributed by atoms with van der Waals surface area (Å²) < 4.78 is 13.6. The molecule has 0 aliphatic heterocycles. The summed E-state index contributed by atoms with van der Waals surface area (Å²) in [6.45, 7) is 0. The topological polar surface area (TPSA) is 121 Å². The summed E-state index contributed by atoms with van der Waals surface area (Å²) in [7, 11) is -0.966. The second kappa shape index (κ2) is 7.07. The molecule has 30 heavy (non-hydrogen) atoms. The van der Waals surface area contributed by atoms with E-state index >= 15 is 0 Å². The SMILES string of the molecule is CS(=O)Cc1cc(Nc2cc(NC3CC3)n3ncc(C#N)c3n2)ccc1C1(N)CC1. The summed E-state index contributed by atoms with van der Waals surface area (Å²) in [6, 6.07) is 10.5. The number of rotatable bonds is 7. The van der Waals surface area contributed by atoms with E-state index in [-0.39, 0.29) is 5.54 Å². The molecule has 0 amide bonds. The van der Waals surface area contributed by atoms with E-state index in [1.807, 2.05) is 24.3 Å². The zero-order chi connectivity index (χ0) is 20.9. The van der Waals surface area contributed by atoms with Gasteiger partial charge in [0.15, 0.2) is 5.65 Å². The Balaban J connectivity index is 1.52. The number of fused-ring (bicyclic) bond motifs is 1. The smallest absolute Gasteiger partial charge is 0.177 e. The van der Waals surface area contributed by atoms with Crippen molar-refractivity contribution in [2.45, 2.75) is 43.0 Å². The average molecular weight is 422 g/mol. The zero-order valence-corrected chi connectivity index (χ0v) is 17.5. The van der Waals surface area contributed by atoms with E-state index < -0.39 is 10.8 Å². The predicted octanol–water partition coefficient (Wildman–Crippen LogP) is 2.75. The Morgan fingerprint density at radius 3 is 2.83 bits per heavy atom. The third kappa shape index (κ3) is 3.64. The first-order valence-electron chi connectivity index (χ1n) is 10.00. The van der Waals surface area contributed by atoms with Gasteiger partial charge in [-0.1, -0.05) is 6.07 Å². The lowest BCUT2D eigenvalue weighted by atomic mass is 9.99. The number of nitrogens with one attached hydrogen (secondary N) is 2. The van der Waals surface area contributed by atoms with Crippen molar-refractivity contribution < 1.29 is 4.21 Å². The molecule has 0 radical (unpaired) electrons. The maximum atomic E-state index is 11.9. The highest BCUT2D eigenvalue weighted by atomic mass is 32.2. The molecule has 2 saturated carbocycles. The van der Waals surface area contributed by atoms with Gasteiger partial charge in [-0.3, -0.25) is 4.21 Å². The quantitative estimate of drug-likeness (QED) is 0.536. The molecule has 154 valence electrons. The van der Waals surface area contributed by atoms with Crippen LogP contribution < -0.4 is 16.4 Å². The molecule has 8 nitrogen and oxygen atoms in total. The van der Waals surface area contributed by atoms with Crippen molar-refractivity contribution in [1.29, 1.82) is 5.26 Å². The number of aromatic nitrogens is 3. The van der Waals surface area contributed by atoms with Gasteiger partial charge in [0.25, 0.3) is 0 Å². The molecule has 4 N–H and O–H groups in total. The normalized spacial score (nSPS) is 18.0. The van der Waals surface area contributed by atoms with Crippen LogP contribution in [0.5, 0.6) is 0 Å². The van der Waals surface area contributed by atoms with Crippen LogP contribution in [0.25, 0.3) is 5.65 Å². The lowest BCUT2D eigenvalue weighted by Gasteiger charge is -2.17. The molecule has 5 rings (SSSR count). The number of hydrogen-bond donors (Lipinski definition) is 3. The highest BCUT2D eigenvalue weighted by molar-refractivity contribution is 7.83. The first-order valence-corrected chi connectivity index (χ1v) is 11.7. The lowest BCUT2D eigenvalue weighted by Crippen LogP contribution is -2.21. The molecule has 2 aromatic heterocycles. The van der Waals surface area contributed by atoms with E-state index in [0.29, 0.717) is 28.8 Å². The van der Waals surface area contributed by atoms with Crippen LogP contribution in [0.4, 0.5) is 17.3 Å². The molecular formula is C21H23N7OS. The monoisotopic (exact) mass is 421 g/mol. The van der Waals surface area contributed by atoms with Gasteiger partial charge in [0.05, 0.1) is 6.20 Å². The molecular weight excluding hydrogens is 398 g/mol. The Morgan fingerprint density at radius 1 is 1.37 bits per heavy atom. The number of nitriles is 1. The molecule has 0 bridgehead atoms. The number of hydrogen-bond acceptors (Lipinski definition) is 7. The van der Waals surface area contributed by atoms with Crippen LogP contribution in [-0.2, 0) is 22.1 Å². The van der Waals surface area contributed by atoms with Gasteiger partial charge in [-0.15, -0.1) is 0 Å². The first-order chi connectivity index (χ1) is 14.4. The van der Waals surface area contributed by atoms with Crippen LogP contribution in [0.2, 0.25) is 0 Å². The Hall–Kier alpha value is -2.96. The number of nitrogens with zero attached hydrogens (tertiary/aromatic N) is 4. The van der Waals surface area contributed by atoms with Crippen LogP contribution >= 0.6 is 0 Å². The predicted molar refractivity (Wildman–Crippen MR) is 117 cm³/mol. The van der Waals surface area contributed by atoms with Gasteiger partial charge in [0.1, 0.15) is 23.3 Å². The molecule has 1 unspecified atom stereocenters. The van der Waals surface area contributed by atoms with Crippen molar-refractivity contribution in [2.75, 3.05) is 16.9 Å². The van der Waals surface area contributed by atoms with E-state index in [4.69, 9.17) is 5.73 Å². The molecule has 2 aliphatic carbocycles. The summed E-state index contributed by atoms with van der Waals surface area (Å²) in [5.41, 5.74) is 9.99. The van der Waals surface area contributed by atoms with Crippen LogP contribution in [0.1, 0.15) is 42.4 Å². The van der Waals surface area contributed by atoms with E-state index in [1.165, 1.54) is 6.20 Å². The van der Waals surface area contributed by atoms with E-state index in [0.717, 1.165) is 48.3 Å². The third-order valence-electron chi connectivity index (χ3n) is 5.58. The van der Waals surface area contributed by atoms with Crippen LogP contribution in [0.3, 0.4) is 0 Å². The van der Waals surface area contributed by atoms with E-state index in [9.17, 15) is 9.47 Å². The van der Waals surface area contributed by atoms with Gasteiger partial charge < -0.3 is 16.4 Å². The Labute approximate surface area is 176 Å². The number of benzene rings is 1. The summed E-state index contributed by atoms with van der Waals surface area (Å²) in [6.07, 6.45) is 7.39. The van der Waals surface area contributed by atoms with E-state index in [1.54, 1.807) is 10.8 Å². The van der Waals surface area contributed by atoms with Crippen molar-refractivity contribution in [1.82, 2.24) is 14.6 Å². The van der Waals surface area contributed by atoms with E-state index in [2.05, 4.69) is 26.8 Å². The minimum absolute atomic E-state index is 0.287. The fourth-order valence-electron chi connectivity index (χ4n) is 3.69. The average Bonchev–Trinajstić information content (AvgIpc) is 3.61. The van der Waals surface area contributed by atoms with Crippen molar-refractivity contribution in [3.05, 3.63) is 47.2 Å². The maximum absolute atomic E-state index is 11.9. The largest absolute Gasteiger partial charge is 0.367 e. The fraction of sp³-hybridized carbons (Fsp3) is 0.381. The summed E-state index contributed by atoms with van der Waals surface area (Å²) in [5, 5.41) is 20.5. The molecule has 9 heteroatoms. The molecule has 2 heterocycles. The lowest BCUT2D eigenvalue weighted by molar-refractivity contribution is 0.684. The summed E-state index contributed by atoms with van der Waals surface area (Å²) in [5.74, 6) is 1.89. The Kier molecular flexibility index (Phi) is 4.49. The molecule has 1 aromatic carbocycles. The van der Waals surface area contributed by atoms with Gasteiger partial charge >= 0.3 is 0 Å². The van der Waals surface area contributed by atoms with Crippen molar-refractivity contribution >= 4 is 33.8 Å². The van der Waals surface area contributed by atoms with Crippen molar-refractivity contribution in [3.63, 3.8) is 0 Å². The third-order valence-corrected chi connectivity index (χ3v) is 6.30.